The van der Waals surface area contributed by atoms with Crippen LogP contribution in [-0.2, 0) is 19.6 Å². The summed E-state index contributed by atoms with van der Waals surface area (Å²) in [7, 11) is 0. The predicted octanol–water partition coefficient (Wildman–Crippen LogP) is 2.38. The average Bonchev–Trinajstić information content (AvgIpc) is 2.93. The number of aryl methyl sites for hydroxylation is 2. The lowest BCUT2D eigenvalue weighted by atomic mass is 10.1. The van der Waals surface area contributed by atoms with E-state index in [-0.39, 0.29) is 18.0 Å². The molecule has 0 saturated heterocycles. The molecule has 0 bridgehead atoms. The van der Waals surface area contributed by atoms with Crippen molar-refractivity contribution in [1.82, 2.24) is 13.7 Å². The highest BCUT2D eigenvalue weighted by Gasteiger charge is 2.16. The molecule has 0 radical (unpaired) electrons. The zero-order chi connectivity index (χ0) is 15.6. The number of rotatable bonds is 6. The molecule has 0 fully saturated rings. The lowest BCUT2D eigenvalue weighted by Crippen LogP contribution is -2.26. The molecule has 0 amide bonds. The highest BCUT2D eigenvalue weighted by Crippen LogP contribution is 2.16. The van der Waals surface area contributed by atoms with Gasteiger partial charge in [0.05, 0.1) is 6.54 Å². The molecule has 2 aromatic heterocycles. The summed E-state index contributed by atoms with van der Waals surface area (Å²) in [6, 6.07) is 1.91. The van der Waals surface area contributed by atoms with Gasteiger partial charge in [-0.25, -0.2) is 4.79 Å². The first-order chi connectivity index (χ1) is 9.99. The lowest BCUT2D eigenvalue weighted by molar-refractivity contribution is 0.0970. The Hall–Kier alpha value is -2.04. The summed E-state index contributed by atoms with van der Waals surface area (Å²) in [6.07, 6.45) is 4.33. The predicted molar refractivity (Wildman–Crippen MR) is 82.9 cm³/mol. The molecular formula is C16H23N3O2. The van der Waals surface area contributed by atoms with Gasteiger partial charge in [0.1, 0.15) is 0 Å². The average molecular weight is 289 g/mol. The Morgan fingerprint density at radius 3 is 2.38 bits per heavy atom. The molecule has 0 aliphatic heterocycles. The molecule has 0 aliphatic carbocycles. The highest BCUT2D eigenvalue weighted by atomic mass is 16.2. The fourth-order valence-corrected chi connectivity index (χ4v) is 2.79. The molecule has 0 saturated carbocycles. The Kier molecular flexibility index (Phi) is 4.50. The summed E-state index contributed by atoms with van der Waals surface area (Å²) in [5, 5.41) is 0. The van der Waals surface area contributed by atoms with Crippen molar-refractivity contribution in [3.8, 4) is 0 Å². The van der Waals surface area contributed by atoms with Crippen LogP contribution in [0.1, 0.15) is 42.0 Å². The Bertz CT molecular complexity index is 704. The molecule has 114 valence electrons. The molecule has 0 atom stereocenters. The highest BCUT2D eigenvalue weighted by molar-refractivity contribution is 5.97. The summed E-state index contributed by atoms with van der Waals surface area (Å²) < 4.78 is 5.23. The molecular weight excluding hydrogens is 266 g/mol. The van der Waals surface area contributed by atoms with Gasteiger partial charge in [0.2, 0.25) is 0 Å². The van der Waals surface area contributed by atoms with Gasteiger partial charge in [-0.1, -0.05) is 6.92 Å². The van der Waals surface area contributed by atoms with Gasteiger partial charge in [0.25, 0.3) is 0 Å². The monoisotopic (exact) mass is 289 g/mol. The quantitative estimate of drug-likeness (QED) is 0.767. The van der Waals surface area contributed by atoms with Gasteiger partial charge >= 0.3 is 5.69 Å². The molecule has 0 aromatic carbocycles. The first-order valence-electron chi connectivity index (χ1n) is 7.45. The number of hydrogen-bond donors (Lipinski definition) is 0. The number of Topliss-reactive ketones (excluding diaryl/α,β-unsaturated/α-hetero) is 1. The molecule has 0 aliphatic rings. The fourth-order valence-electron chi connectivity index (χ4n) is 2.79. The summed E-state index contributed by atoms with van der Waals surface area (Å²) in [5.74, 6) is -0.0147. The van der Waals surface area contributed by atoms with Crippen LogP contribution < -0.4 is 5.69 Å². The van der Waals surface area contributed by atoms with Gasteiger partial charge in [-0.3, -0.25) is 13.9 Å². The second-order valence-electron chi connectivity index (χ2n) is 5.35. The Morgan fingerprint density at radius 1 is 1.14 bits per heavy atom. The summed E-state index contributed by atoms with van der Waals surface area (Å²) >= 11 is 0. The topological polar surface area (TPSA) is 48.9 Å². The van der Waals surface area contributed by atoms with Crippen molar-refractivity contribution < 1.29 is 4.79 Å². The number of nitrogens with zero attached hydrogens (tertiary/aromatic N) is 3. The summed E-state index contributed by atoms with van der Waals surface area (Å²) in [6.45, 7) is 9.66. The van der Waals surface area contributed by atoms with E-state index >= 15 is 0 Å². The van der Waals surface area contributed by atoms with E-state index in [1.165, 1.54) is 4.57 Å². The molecule has 21 heavy (non-hydrogen) atoms. The summed E-state index contributed by atoms with van der Waals surface area (Å²) in [4.78, 5) is 24.6. The third kappa shape index (κ3) is 2.86. The van der Waals surface area contributed by atoms with E-state index in [4.69, 9.17) is 0 Å². The van der Waals surface area contributed by atoms with Gasteiger partial charge in [-0.15, -0.1) is 0 Å². The number of carbonyl (C=O) groups is 1. The van der Waals surface area contributed by atoms with E-state index in [1.54, 1.807) is 17.0 Å². The largest absolute Gasteiger partial charge is 0.349 e. The summed E-state index contributed by atoms with van der Waals surface area (Å²) in [5.41, 5.74) is 2.65. The maximum absolute atomic E-state index is 12.5. The number of carbonyl (C=O) groups excluding carboxylic acids is 1. The number of aromatic nitrogens is 3. The van der Waals surface area contributed by atoms with Crippen molar-refractivity contribution in [1.29, 1.82) is 0 Å². The third-order valence-corrected chi connectivity index (χ3v) is 3.89. The van der Waals surface area contributed by atoms with Gasteiger partial charge < -0.3 is 4.57 Å². The van der Waals surface area contributed by atoms with E-state index in [0.717, 1.165) is 24.4 Å². The van der Waals surface area contributed by atoms with Crippen molar-refractivity contribution in [2.75, 3.05) is 0 Å². The number of imidazole rings is 1. The smallest absolute Gasteiger partial charge is 0.328 e. The van der Waals surface area contributed by atoms with Crippen LogP contribution in [0.4, 0.5) is 0 Å². The van der Waals surface area contributed by atoms with Gasteiger partial charge in [-0.2, -0.15) is 0 Å². The molecule has 5 heteroatoms. The Labute approximate surface area is 124 Å². The zero-order valence-electron chi connectivity index (χ0n) is 13.2. The van der Waals surface area contributed by atoms with Crippen LogP contribution in [0.3, 0.4) is 0 Å². The van der Waals surface area contributed by atoms with Crippen molar-refractivity contribution in [2.45, 2.75) is 53.8 Å². The minimum absolute atomic E-state index is 0.0147. The standard InChI is InChI=1S/C16H23N3O2/c1-5-7-17-8-9-18(16(17)21)11-15(20)14-10-12(3)19(6-2)13(14)4/h8-10H,5-7,11H2,1-4H3. The zero-order valence-corrected chi connectivity index (χ0v) is 13.2. The van der Waals surface area contributed by atoms with Crippen LogP contribution in [0.5, 0.6) is 0 Å². The van der Waals surface area contributed by atoms with Crippen LogP contribution in [0.25, 0.3) is 0 Å². The van der Waals surface area contributed by atoms with Gasteiger partial charge in [0, 0.05) is 42.4 Å². The van der Waals surface area contributed by atoms with Gasteiger partial charge in [-0.05, 0) is 33.3 Å². The number of ketones is 1. The van der Waals surface area contributed by atoms with E-state index in [1.807, 2.05) is 26.8 Å². The maximum Gasteiger partial charge on any atom is 0.328 e. The van der Waals surface area contributed by atoms with Crippen LogP contribution in [0.15, 0.2) is 23.3 Å². The minimum Gasteiger partial charge on any atom is -0.349 e. The minimum atomic E-state index is -0.116. The van der Waals surface area contributed by atoms with Gasteiger partial charge in [0.15, 0.2) is 5.78 Å². The SMILES string of the molecule is CCCn1ccn(CC(=O)c2cc(C)n(CC)c2C)c1=O. The van der Waals surface area contributed by atoms with E-state index in [2.05, 4.69) is 11.5 Å². The molecule has 0 spiro atoms. The van der Waals surface area contributed by atoms with Crippen molar-refractivity contribution >= 4 is 5.78 Å². The molecule has 2 rings (SSSR count). The lowest BCUT2D eigenvalue weighted by Gasteiger charge is -2.06. The molecule has 0 unspecified atom stereocenters. The molecule has 2 heterocycles. The fraction of sp³-hybridized carbons (Fsp3) is 0.500. The van der Waals surface area contributed by atoms with Crippen LogP contribution >= 0.6 is 0 Å². The van der Waals surface area contributed by atoms with E-state index < -0.39 is 0 Å². The van der Waals surface area contributed by atoms with Crippen molar-refractivity contribution in [3.05, 3.63) is 45.9 Å². The second kappa shape index (κ2) is 6.16. The van der Waals surface area contributed by atoms with Crippen LogP contribution in [-0.4, -0.2) is 19.5 Å². The molecule has 2 aromatic rings. The van der Waals surface area contributed by atoms with Crippen molar-refractivity contribution in [3.63, 3.8) is 0 Å². The van der Waals surface area contributed by atoms with Crippen molar-refractivity contribution in [2.24, 2.45) is 0 Å². The molecule has 0 N–H and O–H groups in total. The Morgan fingerprint density at radius 2 is 1.81 bits per heavy atom. The Balaban J connectivity index is 2.24. The number of hydrogen-bond acceptors (Lipinski definition) is 2. The van der Waals surface area contributed by atoms with E-state index in [9.17, 15) is 9.59 Å². The first-order valence-corrected chi connectivity index (χ1v) is 7.45. The normalized spacial score (nSPS) is 11.0. The second-order valence-corrected chi connectivity index (χ2v) is 5.35. The third-order valence-electron chi connectivity index (χ3n) is 3.89. The molecule has 5 nitrogen and oxygen atoms in total. The van der Waals surface area contributed by atoms with Crippen LogP contribution in [0.2, 0.25) is 0 Å². The van der Waals surface area contributed by atoms with Crippen LogP contribution in [0, 0.1) is 13.8 Å². The van der Waals surface area contributed by atoms with E-state index in [0.29, 0.717) is 12.1 Å². The first kappa shape index (κ1) is 15.4. The maximum atomic E-state index is 12.5.